The monoisotopic (exact) mass is 1080 g/mol. The molecule has 1 aliphatic heterocycles. The lowest BCUT2D eigenvalue weighted by atomic mass is 9.63. The van der Waals surface area contributed by atoms with Gasteiger partial charge in [-0.05, 0) is 163 Å². The zero-order valence-corrected chi connectivity index (χ0v) is 49.2. The number of nitrogens with one attached hydrogen (secondary N) is 1. The minimum atomic E-state index is -2.38. The average molecular weight is 1080 g/mol. The number of hydrogen-bond acceptors (Lipinski definition) is 5. The van der Waals surface area contributed by atoms with Crippen LogP contribution in [0.5, 0.6) is 11.5 Å². The largest absolute Gasteiger partial charge is 0.457 e. The summed E-state index contributed by atoms with van der Waals surface area (Å²) >= 11 is 0. The van der Waals surface area contributed by atoms with Crippen molar-refractivity contribution >= 4 is 34.3 Å². The number of nitrogens with zero attached hydrogens (tertiary/aromatic N) is 3. The maximum atomic E-state index is 8.74. The van der Waals surface area contributed by atoms with Crippen LogP contribution in [-0.4, -0.2) is 11.7 Å². The summed E-state index contributed by atoms with van der Waals surface area (Å²) in [5, 5.41) is 3.56. The third-order valence-electron chi connectivity index (χ3n) is 17.1. The highest BCUT2D eigenvalue weighted by Crippen LogP contribution is 2.52. The van der Waals surface area contributed by atoms with Crippen LogP contribution in [0, 0.1) is 6.85 Å². The van der Waals surface area contributed by atoms with Gasteiger partial charge in [-0.1, -0.05) is 215 Å². The van der Waals surface area contributed by atoms with Crippen LogP contribution in [0.1, 0.15) is 114 Å². The van der Waals surface area contributed by atoms with Crippen molar-refractivity contribution in [3.63, 3.8) is 0 Å². The summed E-state index contributed by atoms with van der Waals surface area (Å²) in [6.07, 6.45) is 3.90. The molecule has 1 aliphatic carbocycles. The number of benzene rings is 9. The molecule has 1 aromatic heterocycles. The summed E-state index contributed by atoms with van der Waals surface area (Å²) in [7, 11) is 0. The molecule has 9 aromatic carbocycles. The first kappa shape index (κ1) is 50.3. The molecule has 82 heavy (non-hydrogen) atoms. The van der Waals surface area contributed by atoms with E-state index in [-0.39, 0.29) is 27.2 Å². The molecule has 5 nitrogen and oxygen atoms in total. The summed E-state index contributed by atoms with van der Waals surface area (Å²) in [6, 6.07) is 75.2. The van der Waals surface area contributed by atoms with E-state index in [1.165, 1.54) is 38.9 Å². The fourth-order valence-electron chi connectivity index (χ4n) is 12.1. The molecule has 2 heterocycles. The maximum Gasteiger partial charge on any atom is 0.130 e. The van der Waals surface area contributed by atoms with E-state index < -0.39 is 6.85 Å². The number of aryl methyl sites for hydroxylation is 1. The number of rotatable bonds is 11. The lowest BCUT2D eigenvalue weighted by Gasteiger charge is -2.42. The van der Waals surface area contributed by atoms with Crippen LogP contribution in [0.25, 0.3) is 55.6 Å². The zero-order chi connectivity index (χ0) is 59.6. The van der Waals surface area contributed by atoms with Gasteiger partial charge in [-0.15, -0.1) is 0 Å². The molecule has 0 saturated carbocycles. The highest BCUT2D eigenvalue weighted by molar-refractivity contribution is 5.99. The normalized spacial score (nSPS) is 15.2. The fraction of sp³-hybridized carbons (Fsp3) is 0.234. The van der Waals surface area contributed by atoms with Crippen molar-refractivity contribution < 1.29 is 8.85 Å². The van der Waals surface area contributed by atoms with Gasteiger partial charge in [0, 0.05) is 50.0 Å². The summed E-state index contributed by atoms with van der Waals surface area (Å²) in [5.74, 6) is 1.89. The standard InChI is InChI=1S/C77H76N4O/c1-51-42-72(78-49-66(51)55-34-38-67-68(46-55)77(10,11)41-40-76(67,8)9)79-69-39-35-58(74(2,3)4)47-65(69)54-32-36-61(37-33-54)82-62-27-20-26-60(48-62)80-50-81(71-31-19-18-30-70(71)80)73-63(53-24-16-13-17-25-53)28-21-29-64(73)57-43-56(52-22-14-12-15-23-52)44-59(45-57)75(5,6)7/h12-39,42-49H,40-41,50H2,1-11H3,(H,78,79)/i1D3. The van der Waals surface area contributed by atoms with Gasteiger partial charge in [0.1, 0.15) is 24.0 Å². The first-order chi connectivity index (χ1) is 40.5. The van der Waals surface area contributed by atoms with Gasteiger partial charge in [0.05, 0.1) is 17.1 Å². The zero-order valence-electron chi connectivity index (χ0n) is 52.2. The van der Waals surface area contributed by atoms with E-state index >= 15 is 0 Å². The first-order valence-corrected chi connectivity index (χ1v) is 29.0. The number of hydrogen-bond donors (Lipinski definition) is 1. The van der Waals surface area contributed by atoms with E-state index in [4.69, 9.17) is 13.8 Å². The second kappa shape index (κ2) is 21.0. The van der Waals surface area contributed by atoms with Crippen LogP contribution in [0.2, 0.25) is 0 Å². The van der Waals surface area contributed by atoms with Crippen molar-refractivity contribution in [1.29, 1.82) is 0 Å². The van der Waals surface area contributed by atoms with Gasteiger partial charge in [-0.25, -0.2) is 4.98 Å². The maximum absolute atomic E-state index is 8.74. The van der Waals surface area contributed by atoms with Crippen molar-refractivity contribution in [3.05, 3.63) is 246 Å². The Kier molecular flexibility index (Phi) is 12.9. The number of para-hydroxylation sites is 3. The lowest BCUT2D eigenvalue weighted by Crippen LogP contribution is -2.33. The average Bonchev–Trinajstić information content (AvgIpc) is 4.01. The van der Waals surface area contributed by atoms with Crippen molar-refractivity contribution in [3.8, 4) is 67.1 Å². The third-order valence-corrected chi connectivity index (χ3v) is 17.1. The minimum Gasteiger partial charge on any atom is -0.457 e. The summed E-state index contributed by atoms with van der Waals surface area (Å²) < 4.78 is 33.0. The van der Waals surface area contributed by atoms with Crippen LogP contribution < -0.4 is 19.9 Å². The van der Waals surface area contributed by atoms with Crippen molar-refractivity contribution in [1.82, 2.24) is 4.98 Å². The van der Waals surface area contributed by atoms with Gasteiger partial charge in [-0.3, -0.25) is 0 Å². The van der Waals surface area contributed by atoms with Crippen LogP contribution in [0.3, 0.4) is 0 Å². The van der Waals surface area contributed by atoms with Crippen molar-refractivity contribution in [2.75, 3.05) is 21.8 Å². The van der Waals surface area contributed by atoms with Crippen molar-refractivity contribution in [2.24, 2.45) is 0 Å². The molecule has 5 heteroatoms. The molecule has 0 bridgehead atoms. The molecule has 2 aliphatic rings. The van der Waals surface area contributed by atoms with Crippen LogP contribution >= 0.6 is 0 Å². The molecule has 0 spiro atoms. The molecule has 0 fully saturated rings. The highest BCUT2D eigenvalue weighted by Gasteiger charge is 2.37. The molecule has 1 N–H and O–H groups in total. The number of pyridine rings is 1. The molecular formula is C77H76N4O. The van der Waals surface area contributed by atoms with Gasteiger partial charge >= 0.3 is 0 Å². The second-order valence-electron chi connectivity index (χ2n) is 25.9. The Morgan fingerprint density at radius 1 is 0.463 bits per heavy atom. The molecule has 0 saturated heterocycles. The molecule has 10 aromatic rings. The highest BCUT2D eigenvalue weighted by atomic mass is 16.5. The van der Waals surface area contributed by atoms with Gasteiger partial charge in [-0.2, -0.15) is 0 Å². The Morgan fingerprint density at radius 3 is 1.77 bits per heavy atom. The Labute approximate surface area is 491 Å². The summed E-state index contributed by atoms with van der Waals surface area (Å²) in [5.41, 5.74) is 20.8. The molecule has 0 unspecified atom stereocenters. The molecule has 0 atom stereocenters. The van der Waals surface area contributed by atoms with E-state index in [2.05, 4.69) is 272 Å². The van der Waals surface area contributed by atoms with E-state index in [0.29, 0.717) is 23.8 Å². The Morgan fingerprint density at radius 2 is 1.07 bits per heavy atom. The molecule has 0 amide bonds. The van der Waals surface area contributed by atoms with Gasteiger partial charge in [0.2, 0.25) is 0 Å². The summed E-state index contributed by atoms with van der Waals surface area (Å²) in [4.78, 5) is 9.77. The minimum absolute atomic E-state index is 0.0233. The Bertz CT molecular complexity index is 4110. The topological polar surface area (TPSA) is 40.6 Å². The first-order valence-electron chi connectivity index (χ1n) is 30.5. The lowest BCUT2D eigenvalue weighted by molar-refractivity contribution is 0.332. The number of fused-ring (bicyclic) bond motifs is 2. The van der Waals surface area contributed by atoms with E-state index in [1.54, 1.807) is 12.3 Å². The molecular weight excluding hydrogens is 997 g/mol. The fourth-order valence-corrected chi connectivity index (χ4v) is 12.1. The van der Waals surface area contributed by atoms with Crippen LogP contribution in [0.15, 0.2) is 219 Å². The second-order valence-corrected chi connectivity index (χ2v) is 25.9. The third kappa shape index (κ3) is 10.6. The predicted molar refractivity (Wildman–Crippen MR) is 347 cm³/mol. The van der Waals surface area contributed by atoms with Crippen molar-refractivity contribution in [2.45, 2.75) is 111 Å². The number of anilines is 6. The molecule has 410 valence electrons. The predicted octanol–water partition coefficient (Wildman–Crippen LogP) is 21.5. The van der Waals surface area contributed by atoms with Crippen LogP contribution in [0.4, 0.5) is 34.3 Å². The van der Waals surface area contributed by atoms with Gasteiger partial charge in [0.15, 0.2) is 0 Å². The van der Waals surface area contributed by atoms with Crippen LogP contribution in [-0.2, 0) is 21.7 Å². The number of ether oxygens (including phenoxy) is 1. The SMILES string of the molecule is [2H]C([2H])([2H])c1cc(Nc2ccc(C(C)(C)C)cc2-c2ccc(Oc3cccc(N4CN(c5c(-c6ccccc6)cccc5-c5cc(-c6ccccc6)cc(C(C)(C)C)c5)c5ccccc54)c3)cc2)ncc1-c1ccc2c(c1)C(C)(C)CCC2(C)C. The Balaban J connectivity index is 0.849. The molecule has 12 rings (SSSR count). The quantitative estimate of drug-likeness (QED) is 0.140. The Hall–Kier alpha value is -8.67. The summed E-state index contributed by atoms with van der Waals surface area (Å²) in [6.45, 7) is 20.9. The van der Waals surface area contributed by atoms with Gasteiger partial charge in [0.25, 0.3) is 0 Å². The number of aromatic nitrogens is 1. The molecule has 0 radical (unpaired) electrons. The van der Waals surface area contributed by atoms with E-state index in [9.17, 15) is 0 Å². The van der Waals surface area contributed by atoms with Gasteiger partial charge < -0.3 is 19.9 Å². The van der Waals surface area contributed by atoms with E-state index in [0.717, 1.165) is 80.4 Å². The smallest absolute Gasteiger partial charge is 0.130 e. The van der Waals surface area contributed by atoms with E-state index in [1.807, 2.05) is 18.2 Å².